The Kier molecular flexibility index (Phi) is 10.0. The van der Waals surface area contributed by atoms with Crippen molar-refractivity contribution in [2.75, 3.05) is 38.4 Å². The van der Waals surface area contributed by atoms with Crippen molar-refractivity contribution in [1.29, 1.82) is 0 Å². The summed E-state index contributed by atoms with van der Waals surface area (Å²) in [7, 11) is 3.30. The van der Waals surface area contributed by atoms with Crippen LogP contribution >= 0.6 is 11.6 Å². The molecule has 0 spiro atoms. The van der Waals surface area contributed by atoms with E-state index in [1.54, 1.807) is 26.3 Å². The van der Waals surface area contributed by atoms with Crippen LogP contribution < -0.4 is 22.5 Å². The van der Waals surface area contributed by atoms with Crippen molar-refractivity contribution in [2.45, 2.75) is 38.6 Å². The van der Waals surface area contributed by atoms with Crippen LogP contribution in [0.1, 0.15) is 59.8 Å². The number of amides is 2. The maximum atomic E-state index is 11.6. The number of carbonyl (C=O) groups excluding carboxylic acids is 2. The number of H-pyrrole nitrogens is 1. The summed E-state index contributed by atoms with van der Waals surface area (Å²) >= 11 is 6.43. The fourth-order valence-electron chi connectivity index (χ4n) is 4.64. The Morgan fingerprint density at radius 3 is 2.59 bits per heavy atom. The molecule has 11 heteroatoms. The average molecular weight is 554 g/mol. The Labute approximate surface area is 234 Å². The molecule has 1 aliphatic carbocycles. The lowest BCUT2D eigenvalue weighted by molar-refractivity contribution is -0.127. The molecule has 1 unspecified atom stereocenters. The summed E-state index contributed by atoms with van der Waals surface area (Å²) in [6, 6.07) is 3.78. The molecule has 1 aromatic heterocycles. The largest absolute Gasteiger partial charge is 0.402 e. The van der Waals surface area contributed by atoms with Gasteiger partial charge in [-0.25, -0.2) is 0 Å². The molecule has 1 saturated carbocycles. The molecule has 0 radical (unpaired) electrons. The predicted octanol–water partition coefficient (Wildman–Crippen LogP) is 3.10. The topological polar surface area (TPSA) is 165 Å². The van der Waals surface area contributed by atoms with Gasteiger partial charge in [-0.3, -0.25) is 14.7 Å². The molecule has 208 valence electrons. The highest BCUT2D eigenvalue weighted by molar-refractivity contribution is 6.32. The van der Waals surface area contributed by atoms with Crippen LogP contribution in [0.4, 0.5) is 11.5 Å². The normalized spacial score (nSPS) is 16.8. The molecule has 1 aliphatic heterocycles. The number of anilines is 2. The van der Waals surface area contributed by atoms with Gasteiger partial charge in [0.05, 0.1) is 17.7 Å². The predicted molar refractivity (Wildman–Crippen MR) is 155 cm³/mol. The van der Waals surface area contributed by atoms with E-state index in [1.165, 1.54) is 6.08 Å². The minimum atomic E-state index is -0.629. The van der Waals surface area contributed by atoms with Crippen LogP contribution in [0.3, 0.4) is 0 Å². The first-order valence-electron chi connectivity index (χ1n) is 12.7. The zero-order valence-corrected chi connectivity index (χ0v) is 23.3. The highest BCUT2D eigenvalue weighted by Crippen LogP contribution is 2.45. The SMILES string of the molecule is C=CC(=O)N1CCCC1COC.CNc1n[nH]c(C#Cc2cc(N)c(/C(=C(/C)N)C3CC3)cc2Cl)c1C(N)=O. The number of nitrogens with zero attached hydrogens (tertiary/aromatic N) is 2. The number of nitrogens with one attached hydrogen (secondary N) is 2. The molecule has 2 fully saturated rings. The number of hydrogen-bond acceptors (Lipinski definition) is 7. The summed E-state index contributed by atoms with van der Waals surface area (Å²) in [6.45, 7) is 6.83. The lowest BCUT2D eigenvalue weighted by Gasteiger charge is -2.22. The Morgan fingerprint density at radius 2 is 2.03 bits per heavy atom. The molecular formula is C28H36ClN7O3. The van der Waals surface area contributed by atoms with Crippen molar-refractivity contribution in [3.05, 3.63) is 57.9 Å². The van der Waals surface area contributed by atoms with Gasteiger partial charge in [0.2, 0.25) is 5.91 Å². The lowest BCUT2D eigenvalue weighted by atomic mass is 9.96. The maximum absolute atomic E-state index is 11.6. The highest BCUT2D eigenvalue weighted by Gasteiger charge is 2.30. The number of ether oxygens (including phenoxy) is 1. The third-order valence-corrected chi connectivity index (χ3v) is 6.92. The minimum Gasteiger partial charge on any atom is -0.402 e. The maximum Gasteiger partial charge on any atom is 0.255 e. The number of allylic oxidation sites excluding steroid dienone is 2. The summed E-state index contributed by atoms with van der Waals surface area (Å²) < 4.78 is 5.02. The van der Waals surface area contributed by atoms with Gasteiger partial charge in [-0.1, -0.05) is 24.1 Å². The van der Waals surface area contributed by atoms with Gasteiger partial charge in [0.15, 0.2) is 5.82 Å². The lowest BCUT2D eigenvalue weighted by Crippen LogP contribution is -2.36. The first-order chi connectivity index (χ1) is 18.6. The molecule has 1 aromatic carbocycles. The van der Waals surface area contributed by atoms with E-state index in [0.717, 1.165) is 49.1 Å². The van der Waals surface area contributed by atoms with Crippen molar-refractivity contribution >= 4 is 40.5 Å². The van der Waals surface area contributed by atoms with Gasteiger partial charge < -0.3 is 32.2 Å². The van der Waals surface area contributed by atoms with Crippen molar-refractivity contribution in [3.8, 4) is 11.8 Å². The second-order valence-corrected chi connectivity index (χ2v) is 9.87. The number of likely N-dealkylation sites (tertiary alicyclic amines) is 1. The van der Waals surface area contributed by atoms with E-state index < -0.39 is 5.91 Å². The number of nitrogen functional groups attached to an aromatic ring is 1. The number of aromatic amines is 1. The number of benzene rings is 1. The van der Waals surface area contributed by atoms with Crippen molar-refractivity contribution in [2.24, 2.45) is 17.4 Å². The summed E-state index contributed by atoms with van der Waals surface area (Å²) in [5.74, 6) is 5.95. The number of carbonyl (C=O) groups is 2. The number of aromatic nitrogens is 2. The molecule has 1 atom stereocenters. The summed E-state index contributed by atoms with van der Waals surface area (Å²) in [4.78, 5) is 24.7. The summed E-state index contributed by atoms with van der Waals surface area (Å²) in [5, 5.41) is 9.91. The summed E-state index contributed by atoms with van der Waals surface area (Å²) in [6.07, 6.45) is 5.70. The fraction of sp³-hybridized carbons (Fsp3) is 0.393. The Balaban J connectivity index is 0.000000293. The van der Waals surface area contributed by atoms with E-state index in [1.807, 2.05) is 11.8 Å². The van der Waals surface area contributed by atoms with Gasteiger partial charge in [0.25, 0.3) is 5.91 Å². The number of methoxy groups -OCH3 is 1. The minimum absolute atomic E-state index is 0.0227. The second kappa shape index (κ2) is 13.2. The first-order valence-corrected chi connectivity index (χ1v) is 13.1. The molecule has 2 aromatic rings. The molecule has 10 nitrogen and oxygen atoms in total. The van der Waals surface area contributed by atoms with Crippen LogP contribution in [0.2, 0.25) is 5.02 Å². The van der Waals surface area contributed by atoms with E-state index >= 15 is 0 Å². The standard InChI is InChI=1S/C19H21ClN6O.C9H15NO2/c1-9(21)16(10-3-4-10)12-8-13(20)11(7-14(12)22)5-6-15-17(18(23)27)19(24-2)26-25-15;1-3-9(11)10-6-4-5-8(10)7-12-2/h7-8,10H,3-4,21-22H2,1-2H3,(H2,23,27)(H2,24,25,26);3,8H,1,4-7H2,2H3/b16-9-;. The van der Waals surface area contributed by atoms with Gasteiger partial charge in [-0.2, -0.15) is 5.10 Å². The molecule has 8 N–H and O–H groups in total. The Morgan fingerprint density at radius 1 is 1.31 bits per heavy atom. The van der Waals surface area contributed by atoms with Crippen LogP contribution in [0.15, 0.2) is 30.5 Å². The summed E-state index contributed by atoms with van der Waals surface area (Å²) in [5.41, 5.74) is 22.0. The number of nitrogens with two attached hydrogens (primary N) is 3. The molecule has 2 aliphatic rings. The molecule has 1 saturated heterocycles. The van der Waals surface area contributed by atoms with Gasteiger partial charge in [-0.15, -0.1) is 0 Å². The average Bonchev–Trinajstić information content (AvgIpc) is 3.45. The first kappa shape index (κ1) is 29.6. The van der Waals surface area contributed by atoms with Gasteiger partial charge in [-0.05, 0) is 68.2 Å². The van der Waals surface area contributed by atoms with Gasteiger partial charge >= 0.3 is 0 Å². The molecular weight excluding hydrogens is 518 g/mol. The molecule has 4 rings (SSSR count). The van der Waals surface area contributed by atoms with Crippen LogP contribution in [-0.2, 0) is 9.53 Å². The van der Waals surface area contributed by atoms with Crippen molar-refractivity contribution in [3.63, 3.8) is 0 Å². The van der Waals surface area contributed by atoms with E-state index in [4.69, 9.17) is 33.5 Å². The van der Waals surface area contributed by atoms with Gasteiger partial charge in [0, 0.05) is 43.2 Å². The molecule has 39 heavy (non-hydrogen) atoms. The molecule has 2 amide bonds. The third kappa shape index (κ3) is 7.13. The number of primary amides is 1. The van der Waals surface area contributed by atoms with E-state index in [0.29, 0.717) is 40.3 Å². The van der Waals surface area contributed by atoms with Crippen molar-refractivity contribution in [1.82, 2.24) is 15.1 Å². The van der Waals surface area contributed by atoms with E-state index in [9.17, 15) is 9.59 Å². The Bertz CT molecular complexity index is 1330. The van der Waals surface area contributed by atoms with Crippen LogP contribution in [0, 0.1) is 17.8 Å². The highest BCUT2D eigenvalue weighted by atomic mass is 35.5. The van der Waals surface area contributed by atoms with E-state index in [2.05, 4.69) is 33.9 Å². The zero-order valence-electron chi connectivity index (χ0n) is 22.6. The smallest absolute Gasteiger partial charge is 0.255 e. The van der Waals surface area contributed by atoms with Crippen molar-refractivity contribution < 1.29 is 14.3 Å². The van der Waals surface area contributed by atoms with Crippen LogP contribution in [0.5, 0.6) is 0 Å². The quantitative estimate of drug-likeness (QED) is 0.199. The number of halogens is 1. The van der Waals surface area contributed by atoms with Gasteiger partial charge in [0.1, 0.15) is 11.3 Å². The Hall–Kier alpha value is -3.94. The number of rotatable bonds is 7. The number of hydrogen-bond donors (Lipinski definition) is 5. The van der Waals surface area contributed by atoms with Crippen LogP contribution in [-0.4, -0.2) is 60.3 Å². The zero-order chi connectivity index (χ0) is 28.7. The fourth-order valence-corrected chi connectivity index (χ4v) is 4.85. The third-order valence-electron chi connectivity index (χ3n) is 6.61. The second-order valence-electron chi connectivity index (χ2n) is 9.46. The molecule has 0 bridgehead atoms. The monoisotopic (exact) mass is 553 g/mol. The van der Waals surface area contributed by atoms with E-state index in [-0.39, 0.29) is 17.5 Å². The van der Waals surface area contributed by atoms with Crippen LogP contribution in [0.25, 0.3) is 5.57 Å². The molecule has 2 heterocycles.